The molecule has 100 valence electrons. The van der Waals surface area contributed by atoms with Crippen LogP contribution in [0.15, 0.2) is 24.3 Å². The van der Waals surface area contributed by atoms with E-state index in [1.807, 2.05) is 6.07 Å². The number of nitrogens with zero attached hydrogens (tertiary/aromatic N) is 1. The van der Waals surface area contributed by atoms with E-state index >= 15 is 0 Å². The van der Waals surface area contributed by atoms with Crippen LogP contribution in [0.4, 0.5) is 5.69 Å². The summed E-state index contributed by atoms with van der Waals surface area (Å²) in [6, 6.07) is 8.40. The quantitative estimate of drug-likeness (QED) is 0.891. The van der Waals surface area contributed by atoms with Crippen molar-refractivity contribution < 1.29 is 4.74 Å². The van der Waals surface area contributed by atoms with Crippen LogP contribution >= 0.6 is 12.4 Å². The number of rotatable bonds is 2. The van der Waals surface area contributed by atoms with Gasteiger partial charge in [0.15, 0.2) is 0 Å². The van der Waals surface area contributed by atoms with Crippen molar-refractivity contribution in [3.8, 4) is 5.75 Å². The highest BCUT2D eigenvalue weighted by molar-refractivity contribution is 5.85. The highest BCUT2D eigenvalue weighted by Crippen LogP contribution is 2.32. The van der Waals surface area contributed by atoms with Crippen molar-refractivity contribution in [2.24, 2.45) is 5.92 Å². The summed E-state index contributed by atoms with van der Waals surface area (Å²) in [4.78, 5) is 2.49. The van der Waals surface area contributed by atoms with Crippen molar-refractivity contribution in [3.63, 3.8) is 0 Å². The molecule has 1 aromatic carbocycles. The van der Waals surface area contributed by atoms with E-state index in [1.165, 1.54) is 38.2 Å². The molecule has 3 nitrogen and oxygen atoms in total. The van der Waals surface area contributed by atoms with Gasteiger partial charge in [0.1, 0.15) is 12.4 Å². The number of halogens is 1. The molecule has 0 aromatic heterocycles. The second-order valence-electron chi connectivity index (χ2n) is 4.96. The van der Waals surface area contributed by atoms with Gasteiger partial charge in [0.2, 0.25) is 0 Å². The minimum Gasteiger partial charge on any atom is -0.490 e. The molecule has 2 heterocycles. The van der Waals surface area contributed by atoms with E-state index in [4.69, 9.17) is 4.74 Å². The van der Waals surface area contributed by atoms with E-state index in [1.54, 1.807) is 0 Å². The summed E-state index contributed by atoms with van der Waals surface area (Å²) < 4.78 is 5.69. The third-order valence-corrected chi connectivity index (χ3v) is 3.76. The Morgan fingerprint density at radius 3 is 2.83 bits per heavy atom. The van der Waals surface area contributed by atoms with Crippen LogP contribution in [-0.2, 0) is 0 Å². The van der Waals surface area contributed by atoms with Crippen LogP contribution in [0.1, 0.15) is 12.8 Å². The first kappa shape index (κ1) is 13.5. The maximum atomic E-state index is 5.69. The smallest absolute Gasteiger partial charge is 0.142 e. The third kappa shape index (κ3) is 2.90. The summed E-state index contributed by atoms with van der Waals surface area (Å²) in [6.07, 6.45) is 2.61. The van der Waals surface area contributed by atoms with Gasteiger partial charge in [-0.2, -0.15) is 0 Å². The average Bonchev–Trinajstić information content (AvgIpc) is 2.40. The van der Waals surface area contributed by atoms with Crippen molar-refractivity contribution in [1.29, 1.82) is 0 Å². The molecule has 0 saturated carbocycles. The molecule has 4 heteroatoms. The zero-order valence-electron chi connectivity index (χ0n) is 10.6. The van der Waals surface area contributed by atoms with Gasteiger partial charge in [-0.05, 0) is 44.0 Å². The fourth-order valence-corrected chi connectivity index (χ4v) is 2.79. The van der Waals surface area contributed by atoms with Gasteiger partial charge in [0.05, 0.1) is 12.2 Å². The molecular formula is C14H21ClN2O. The SMILES string of the molecule is Cl.c1ccc2c(c1)OCCN2CC1CCNCC1. The molecule has 0 amide bonds. The fourth-order valence-electron chi connectivity index (χ4n) is 2.79. The molecular weight excluding hydrogens is 248 g/mol. The molecule has 0 aliphatic carbocycles. The lowest BCUT2D eigenvalue weighted by Gasteiger charge is -2.35. The molecule has 2 aliphatic heterocycles. The summed E-state index contributed by atoms with van der Waals surface area (Å²) in [5.41, 5.74) is 1.28. The lowest BCUT2D eigenvalue weighted by atomic mass is 9.97. The van der Waals surface area contributed by atoms with Gasteiger partial charge in [-0.1, -0.05) is 12.1 Å². The standard InChI is InChI=1S/C14H20N2O.ClH/c1-2-4-14-13(3-1)16(9-10-17-14)11-12-5-7-15-8-6-12;/h1-4,12,15H,5-11H2;1H. The molecule has 1 fully saturated rings. The lowest BCUT2D eigenvalue weighted by molar-refractivity contribution is 0.295. The number of anilines is 1. The minimum absolute atomic E-state index is 0. The fraction of sp³-hybridized carbons (Fsp3) is 0.571. The van der Waals surface area contributed by atoms with Crippen LogP contribution in [0.5, 0.6) is 5.75 Å². The largest absolute Gasteiger partial charge is 0.490 e. The van der Waals surface area contributed by atoms with E-state index in [0.29, 0.717) is 0 Å². The van der Waals surface area contributed by atoms with Crippen LogP contribution in [0.2, 0.25) is 0 Å². The summed E-state index contributed by atoms with van der Waals surface area (Å²) in [6.45, 7) is 5.39. The molecule has 1 saturated heterocycles. The highest BCUT2D eigenvalue weighted by atomic mass is 35.5. The zero-order chi connectivity index (χ0) is 11.5. The third-order valence-electron chi connectivity index (χ3n) is 3.76. The Labute approximate surface area is 115 Å². The Morgan fingerprint density at radius 1 is 1.22 bits per heavy atom. The predicted molar refractivity (Wildman–Crippen MR) is 77.0 cm³/mol. The van der Waals surface area contributed by atoms with Crippen LogP contribution in [-0.4, -0.2) is 32.8 Å². The number of para-hydroxylation sites is 2. The van der Waals surface area contributed by atoms with Crippen molar-refractivity contribution >= 4 is 18.1 Å². The monoisotopic (exact) mass is 268 g/mol. The van der Waals surface area contributed by atoms with Gasteiger partial charge in [0, 0.05) is 6.54 Å². The van der Waals surface area contributed by atoms with E-state index in [-0.39, 0.29) is 12.4 Å². The summed E-state index contributed by atoms with van der Waals surface area (Å²) in [7, 11) is 0. The molecule has 1 N–H and O–H groups in total. The molecule has 18 heavy (non-hydrogen) atoms. The summed E-state index contributed by atoms with van der Waals surface area (Å²) in [5.74, 6) is 1.88. The van der Waals surface area contributed by atoms with Crippen molar-refractivity contribution in [1.82, 2.24) is 5.32 Å². The Hall–Kier alpha value is -0.930. The van der Waals surface area contributed by atoms with Crippen LogP contribution in [0, 0.1) is 5.92 Å². The maximum Gasteiger partial charge on any atom is 0.142 e. The maximum absolute atomic E-state index is 5.69. The van der Waals surface area contributed by atoms with Crippen molar-refractivity contribution in [2.75, 3.05) is 37.7 Å². The van der Waals surface area contributed by atoms with Gasteiger partial charge in [-0.15, -0.1) is 12.4 Å². The van der Waals surface area contributed by atoms with Crippen LogP contribution < -0.4 is 15.0 Å². The first-order valence-electron chi connectivity index (χ1n) is 6.61. The number of hydrogen-bond donors (Lipinski definition) is 1. The second-order valence-corrected chi connectivity index (χ2v) is 4.96. The second kappa shape index (κ2) is 6.30. The molecule has 1 aromatic rings. The normalized spacial score (nSPS) is 19.7. The number of nitrogens with one attached hydrogen (secondary N) is 1. The van der Waals surface area contributed by atoms with E-state index in [0.717, 1.165) is 24.8 Å². The van der Waals surface area contributed by atoms with Gasteiger partial charge in [-0.3, -0.25) is 0 Å². The van der Waals surface area contributed by atoms with Crippen LogP contribution in [0.3, 0.4) is 0 Å². The molecule has 0 spiro atoms. The number of piperidine rings is 1. The number of fused-ring (bicyclic) bond motifs is 1. The molecule has 0 atom stereocenters. The number of hydrogen-bond acceptors (Lipinski definition) is 3. The van der Waals surface area contributed by atoms with Gasteiger partial charge >= 0.3 is 0 Å². The lowest BCUT2D eigenvalue weighted by Crippen LogP contribution is -2.39. The Balaban J connectivity index is 0.00000120. The zero-order valence-corrected chi connectivity index (χ0v) is 11.4. The van der Waals surface area contributed by atoms with E-state index in [9.17, 15) is 0 Å². The van der Waals surface area contributed by atoms with Crippen molar-refractivity contribution in [3.05, 3.63) is 24.3 Å². The van der Waals surface area contributed by atoms with Gasteiger partial charge in [-0.25, -0.2) is 0 Å². The van der Waals surface area contributed by atoms with Gasteiger partial charge in [0.25, 0.3) is 0 Å². The summed E-state index contributed by atoms with van der Waals surface area (Å²) >= 11 is 0. The predicted octanol–water partition coefficient (Wildman–Crippen LogP) is 2.31. The topological polar surface area (TPSA) is 24.5 Å². The molecule has 2 aliphatic rings. The van der Waals surface area contributed by atoms with E-state index < -0.39 is 0 Å². The average molecular weight is 269 g/mol. The first-order valence-corrected chi connectivity index (χ1v) is 6.61. The summed E-state index contributed by atoms with van der Waals surface area (Å²) in [5, 5.41) is 3.43. The molecule has 0 bridgehead atoms. The van der Waals surface area contributed by atoms with Gasteiger partial charge < -0.3 is 15.0 Å². The number of ether oxygens (including phenoxy) is 1. The molecule has 3 rings (SSSR count). The Morgan fingerprint density at radius 2 is 2.00 bits per heavy atom. The Kier molecular flexibility index (Phi) is 4.72. The molecule has 0 radical (unpaired) electrons. The number of benzene rings is 1. The Bertz CT molecular complexity index is 380. The molecule has 0 unspecified atom stereocenters. The van der Waals surface area contributed by atoms with E-state index in [2.05, 4.69) is 28.4 Å². The van der Waals surface area contributed by atoms with Crippen LogP contribution in [0.25, 0.3) is 0 Å². The van der Waals surface area contributed by atoms with Crippen molar-refractivity contribution in [2.45, 2.75) is 12.8 Å². The highest BCUT2D eigenvalue weighted by Gasteiger charge is 2.21. The first-order chi connectivity index (χ1) is 8.43. The minimum atomic E-state index is 0.